The zero-order chi connectivity index (χ0) is 21.9. The molecule has 2 N–H and O–H groups in total. The molecule has 0 aliphatic rings. The number of rotatable bonds is 5. The molecule has 0 saturated carbocycles. The van der Waals surface area contributed by atoms with Crippen molar-refractivity contribution in [2.24, 2.45) is 0 Å². The number of pyridine rings is 2. The van der Waals surface area contributed by atoms with E-state index in [2.05, 4.69) is 15.3 Å². The average molecular weight is 407 g/mol. The molecular weight excluding hydrogens is 382 g/mol. The van der Waals surface area contributed by atoms with Crippen molar-refractivity contribution in [1.82, 2.24) is 15.3 Å². The molecular formula is C23H25N3O4. The van der Waals surface area contributed by atoms with Crippen LogP contribution in [0.5, 0.6) is 5.75 Å². The van der Waals surface area contributed by atoms with E-state index in [-0.39, 0.29) is 30.4 Å². The van der Waals surface area contributed by atoms with Gasteiger partial charge in [-0.05, 0) is 51.0 Å². The van der Waals surface area contributed by atoms with Crippen LogP contribution < -0.4 is 5.32 Å². The highest BCUT2D eigenvalue weighted by Gasteiger charge is 2.20. The number of benzene rings is 1. The molecule has 0 atom stereocenters. The molecule has 7 nitrogen and oxygen atoms in total. The Morgan fingerprint density at radius 3 is 2.50 bits per heavy atom. The van der Waals surface area contributed by atoms with Crippen LogP contribution in [0.1, 0.15) is 48.1 Å². The molecule has 2 heterocycles. The van der Waals surface area contributed by atoms with Gasteiger partial charge in [0.1, 0.15) is 11.1 Å². The van der Waals surface area contributed by atoms with Gasteiger partial charge >= 0.3 is 5.97 Å². The van der Waals surface area contributed by atoms with Gasteiger partial charge in [-0.3, -0.25) is 14.6 Å². The first-order valence-electron chi connectivity index (χ1n) is 9.67. The Morgan fingerprint density at radius 1 is 1.10 bits per heavy atom. The summed E-state index contributed by atoms with van der Waals surface area (Å²) in [5, 5.41) is 13.9. The highest BCUT2D eigenvalue weighted by atomic mass is 16.6. The summed E-state index contributed by atoms with van der Waals surface area (Å²) in [6.45, 7) is 7.39. The summed E-state index contributed by atoms with van der Waals surface area (Å²) in [4.78, 5) is 33.3. The van der Waals surface area contributed by atoms with Gasteiger partial charge in [0, 0.05) is 23.8 Å². The van der Waals surface area contributed by atoms with E-state index < -0.39 is 11.5 Å². The quantitative estimate of drug-likeness (QED) is 0.628. The predicted octanol–water partition coefficient (Wildman–Crippen LogP) is 3.46. The van der Waals surface area contributed by atoms with E-state index in [1.807, 2.05) is 45.0 Å². The Bertz CT molecular complexity index is 1100. The fourth-order valence-electron chi connectivity index (χ4n) is 3.13. The smallest absolute Gasteiger partial charge is 0.310 e. The Balaban J connectivity index is 1.77. The molecule has 3 aromatic rings. The molecule has 0 unspecified atom stereocenters. The second-order valence-electron chi connectivity index (χ2n) is 8.01. The summed E-state index contributed by atoms with van der Waals surface area (Å²) in [7, 11) is 0. The lowest BCUT2D eigenvalue weighted by atomic mass is 10.0. The summed E-state index contributed by atoms with van der Waals surface area (Å²) in [5.41, 5.74) is 1.84. The molecule has 0 aliphatic carbocycles. The average Bonchev–Trinajstić information content (AvgIpc) is 2.68. The molecule has 0 bridgehead atoms. The van der Waals surface area contributed by atoms with Gasteiger partial charge in [-0.25, -0.2) is 4.98 Å². The number of aromatic hydroxyl groups is 1. The summed E-state index contributed by atoms with van der Waals surface area (Å²) < 4.78 is 5.39. The maximum atomic E-state index is 12.7. The first kappa shape index (κ1) is 21.2. The summed E-state index contributed by atoms with van der Waals surface area (Å²) in [6, 6.07) is 10.9. The fraction of sp³-hybridized carbons (Fsp3) is 0.304. The van der Waals surface area contributed by atoms with Crippen molar-refractivity contribution in [3.63, 3.8) is 0 Å². The lowest BCUT2D eigenvalue weighted by molar-refractivity contribution is -0.153. The molecule has 0 fully saturated rings. The largest absolute Gasteiger partial charge is 0.504 e. The number of aromatic nitrogens is 2. The Morgan fingerprint density at radius 2 is 1.80 bits per heavy atom. The molecule has 1 aromatic carbocycles. The van der Waals surface area contributed by atoms with Crippen molar-refractivity contribution in [2.75, 3.05) is 0 Å². The highest BCUT2D eigenvalue weighted by molar-refractivity contribution is 6.01. The molecule has 7 heteroatoms. The van der Waals surface area contributed by atoms with Crippen LogP contribution in [0.4, 0.5) is 0 Å². The fourth-order valence-corrected chi connectivity index (χ4v) is 3.13. The van der Waals surface area contributed by atoms with Crippen molar-refractivity contribution in [3.8, 4) is 5.75 Å². The van der Waals surface area contributed by atoms with Crippen molar-refractivity contribution in [2.45, 2.75) is 46.3 Å². The van der Waals surface area contributed by atoms with E-state index in [9.17, 15) is 14.7 Å². The van der Waals surface area contributed by atoms with Gasteiger partial charge in [-0.2, -0.15) is 0 Å². The molecule has 1 amide bonds. The van der Waals surface area contributed by atoms with Crippen LogP contribution >= 0.6 is 0 Å². The Kier molecular flexibility index (Phi) is 6.01. The molecule has 0 radical (unpaired) electrons. The third-order valence-electron chi connectivity index (χ3n) is 4.45. The van der Waals surface area contributed by atoms with E-state index in [4.69, 9.17) is 4.74 Å². The van der Waals surface area contributed by atoms with E-state index in [0.717, 1.165) is 11.1 Å². The van der Waals surface area contributed by atoms with E-state index in [1.165, 1.54) is 0 Å². The third-order valence-corrected chi connectivity index (χ3v) is 4.45. The van der Waals surface area contributed by atoms with Gasteiger partial charge in [-0.15, -0.1) is 0 Å². The number of carbonyl (C=O) groups excluding carboxylic acids is 2. The van der Waals surface area contributed by atoms with Crippen molar-refractivity contribution in [3.05, 3.63) is 65.1 Å². The first-order valence-corrected chi connectivity index (χ1v) is 9.67. The number of nitrogens with zero attached hydrogens (tertiary/aromatic N) is 2. The van der Waals surface area contributed by atoms with Crippen LogP contribution in [0.25, 0.3) is 10.9 Å². The zero-order valence-electron chi connectivity index (χ0n) is 17.5. The summed E-state index contributed by atoms with van der Waals surface area (Å²) in [6.07, 6.45) is 1.65. The van der Waals surface area contributed by atoms with Gasteiger partial charge in [0.2, 0.25) is 0 Å². The summed E-state index contributed by atoms with van der Waals surface area (Å²) in [5.74, 6) is -1.11. The number of hydrogen-bond acceptors (Lipinski definition) is 6. The van der Waals surface area contributed by atoms with Gasteiger partial charge in [-0.1, -0.05) is 24.3 Å². The number of ether oxygens (including phenoxy) is 1. The van der Waals surface area contributed by atoms with Gasteiger partial charge in [0.05, 0.1) is 6.42 Å². The number of esters is 1. The minimum atomic E-state index is -0.564. The number of carbonyl (C=O) groups is 2. The Hall–Kier alpha value is -3.48. The van der Waals surface area contributed by atoms with Crippen molar-refractivity contribution in [1.29, 1.82) is 0 Å². The topological polar surface area (TPSA) is 101 Å². The van der Waals surface area contributed by atoms with E-state index in [0.29, 0.717) is 16.6 Å². The third kappa shape index (κ3) is 4.92. The molecule has 0 spiro atoms. The second-order valence-corrected chi connectivity index (χ2v) is 8.01. The summed E-state index contributed by atoms with van der Waals surface area (Å²) >= 11 is 0. The standard InChI is InChI=1S/C23H25N3O4/c1-14-17-10-7-11-24-19(17)21(28)20(26-14)22(29)25-13-16-9-6-5-8-15(16)12-18(27)30-23(2,3)4/h5-11,28H,12-13H2,1-4H3,(H,25,29). The number of aryl methyl sites for hydroxylation is 1. The molecule has 2 aromatic heterocycles. The number of hydrogen-bond donors (Lipinski definition) is 2. The van der Waals surface area contributed by atoms with Gasteiger partial charge in [0.15, 0.2) is 11.4 Å². The van der Waals surface area contributed by atoms with Crippen LogP contribution in [0.15, 0.2) is 42.6 Å². The molecule has 156 valence electrons. The molecule has 0 aliphatic heterocycles. The van der Waals surface area contributed by atoms with Crippen LogP contribution in [0, 0.1) is 6.92 Å². The van der Waals surface area contributed by atoms with Crippen LogP contribution in [-0.4, -0.2) is 32.6 Å². The van der Waals surface area contributed by atoms with Crippen LogP contribution in [0.2, 0.25) is 0 Å². The maximum absolute atomic E-state index is 12.7. The molecule has 30 heavy (non-hydrogen) atoms. The van der Waals surface area contributed by atoms with Gasteiger partial charge in [0.25, 0.3) is 5.91 Å². The Labute approximate surface area is 175 Å². The molecule has 3 rings (SSSR count). The second kappa shape index (κ2) is 8.49. The van der Waals surface area contributed by atoms with Crippen LogP contribution in [-0.2, 0) is 22.5 Å². The van der Waals surface area contributed by atoms with E-state index >= 15 is 0 Å². The monoisotopic (exact) mass is 407 g/mol. The lowest BCUT2D eigenvalue weighted by Gasteiger charge is -2.20. The lowest BCUT2D eigenvalue weighted by Crippen LogP contribution is -2.27. The minimum Gasteiger partial charge on any atom is -0.504 e. The van der Waals surface area contributed by atoms with E-state index in [1.54, 1.807) is 25.3 Å². The highest BCUT2D eigenvalue weighted by Crippen LogP contribution is 2.27. The first-order chi connectivity index (χ1) is 14.2. The normalized spacial score (nSPS) is 11.3. The van der Waals surface area contributed by atoms with Gasteiger partial charge < -0.3 is 15.2 Å². The van der Waals surface area contributed by atoms with Crippen molar-refractivity contribution < 1.29 is 19.4 Å². The number of amides is 1. The minimum absolute atomic E-state index is 0.0803. The van der Waals surface area contributed by atoms with Crippen LogP contribution in [0.3, 0.4) is 0 Å². The van der Waals surface area contributed by atoms with Crippen molar-refractivity contribution >= 4 is 22.8 Å². The zero-order valence-corrected chi connectivity index (χ0v) is 17.5. The number of nitrogens with one attached hydrogen (secondary N) is 1. The number of fused-ring (bicyclic) bond motifs is 1. The molecule has 0 saturated heterocycles. The predicted molar refractivity (Wildman–Crippen MR) is 113 cm³/mol. The SMILES string of the molecule is Cc1nc(C(=O)NCc2ccccc2CC(=O)OC(C)(C)C)c(O)c2ncccc12. The maximum Gasteiger partial charge on any atom is 0.310 e.